The van der Waals surface area contributed by atoms with E-state index in [9.17, 15) is 14.0 Å². The van der Waals surface area contributed by atoms with Gasteiger partial charge in [-0.3, -0.25) is 9.59 Å². The molecule has 2 heterocycles. The van der Waals surface area contributed by atoms with Crippen LogP contribution in [-0.2, 0) is 9.53 Å². The number of nitrogens with zero attached hydrogens (tertiary/aromatic N) is 1. The third-order valence-electron chi connectivity index (χ3n) is 6.39. The van der Waals surface area contributed by atoms with Crippen molar-refractivity contribution in [3.8, 4) is 0 Å². The average molecular weight is 492 g/mol. The molecular formula is C27H23ClFN3O3. The third-order valence-corrected chi connectivity index (χ3v) is 6.70. The minimum absolute atomic E-state index is 0.0957. The Morgan fingerprint density at radius 2 is 1.89 bits per heavy atom. The van der Waals surface area contributed by atoms with Crippen molar-refractivity contribution in [1.82, 2.24) is 9.88 Å². The first-order chi connectivity index (χ1) is 17.0. The number of amides is 2. The second kappa shape index (κ2) is 9.52. The summed E-state index contributed by atoms with van der Waals surface area (Å²) in [5.74, 6) is -1.77. The van der Waals surface area contributed by atoms with Crippen molar-refractivity contribution in [1.29, 1.82) is 0 Å². The number of hydrogen-bond donors (Lipinski definition) is 2. The number of para-hydroxylation sites is 1. The molecular weight excluding hydrogens is 469 g/mol. The number of benzene rings is 3. The number of carbonyl (C=O) groups excluding carboxylic acids is 2. The van der Waals surface area contributed by atoms with Crippen molar-refractivity contribution in [2.24, 2.45) is 0 Å². The number of rotatable bonds is 6. The average Bonchev–Trinajstić information content (AvgIpc) is 3.29. The maximum absolute atomic E-state index is 13.9. The molecule has 0 saturated carbocycles. The number of aromatic nitrogens is 1. The molecule has 2 atom stereocenters. The van der Waals surface area contributed by atoms with Crippen LogP contribution in [0.2, 0.25) is 5.02 Å². The van der Waals surface area contributed by atoms with Gasteiger partial charge in [0.1, 0.15) is 5.82 Å². The first-order valence-corrected chi connectivity index (χ1v) is 11.6. The predicted molar refractivity (Wildman–Crippen MR) is 133 cm³/mol. The number of nitrogens with one attached hydrogen (secondary N) is 2. The standard InChI is InChI=1S/C27H23ClFN3O3/c1-35-13-12-32-25(20-15-30-22-9-5-4-6-17(20)22)24(18-7-2-3-8-19(18)27(32)34)26(33)31-23-11-10-16(29)14-21(23)28/h2-11,14-15,24-25,30H,12-13H2,1H3,(H,31,33)/t24-,25-/m1/s1. The number of halogens is 2. The van der Waals surface area contributed by atoms with Crippen LogP contribution in [0.25, 0.3) is 10.9 Å². The van der Waals surface area contributed by atoms with Gasteiger partial charge in [-0.2, -0.15) is 0 Å². The Labute approximate surface area is 206 Å². The second-order valence-corrected chi connectivity index (χ2v) is 8.81. The maximum atomic E-state index is 13.9. The molecule has 3 aromatic carbocycles. The molecule has 4 aromatic rings. The van der Waals surface area contributed by atoms with E-state index < -0.39 is 17.8 Å². The SMILES string of the molecule is COCCN1C(=O)c2ccccc2[C@@H](C(=O)Nc2ccc(F)cc2Cl)[C@H]1c1c[nH]c2ccccc12. The van der Waals surface area contributed by atoms with Crippen molar-refractivity contribution in [2.45, 2.75) is 12.0 Å². The lowest BCUT2D eigenvalue weighted by Gasteiger charge is -2.41. The van der Waals surface area contributed by atoms with E-state index >= 15 is 0 Å². The zero-order valence-electron chi connectivity index (χ0n) is 18.9. The summed E-state index contributed by atoms with van der Waals surface area (Å²) in [6, 6.07) is 18.1. The minimum atomic E-state index is -0.749. The Morgan fingerprint density at radius 3 is 2.69 bits per heavy atom. The summed E-state index contributed by atoms with van der Waals surface area (Å²) in [7, 11) is 1.57. The van der Waals surface area contributed by atoms with E-state index in [2.05, 4.69) is 10.3 Å². The van der Waals surface area contributed by atoms with Crippen molar-refractivity contribution in [2.75, 3.05) is 25.6 Å². The van der Waals surface area contributed by atoms with Crippen LogP contribution >= 0.6 is 11.6 Å². The molecule has 0 saturated heterocycles. The molecule has 1 aliphatic heterocycles. The molecule has 35 heavy (non-hydrogen) atoms. The normalized spacial score (nSPS) is 17.5. The minimum Gasteiger partial charge on any atom is -0.383 e. The Morgan fingerprint density at radius 1 is 1.11 bits per heavy atom. The smallest absolute Gasteiger partial charge is 0.254 e. The highest BCUT2D eigenvalue weighted by Crippen LogP contribution is 2.45. The highest BCUT2D eigenvalue weighted by Gasteiger charge is 2.44. The topological polar surface area (TPSA) is 74.4 Å². The van der Waals surface area contributed by atoms with E-state index in [1.54, 1.807) is 30.2 Å². The number of hydrogen-bond acceptors (Lipinski definition) is 3. The monoisotopic (exact) mass is 491 g/mol. The van der Waals surface area contributed by atoms with Gasteiger partial charge in [0.05, 0.1) is 29.3 Å². The van der Waals surface area contributed by atoms with Gasteiger partial charge in [0.2, 0.25) is 5.91 Å². The highest BCUT2D eigenvalue weighted by atomic mass is 35.5. The molecule has 0 aliphatic carbocycles. The molecule has 6 nitrogen and oxygen atoms in total. The van der Waals surface area contributed by atoms with Gasteiger partial charge in [-0.05, 0) is 35.9 Å². The zero-order chi connectivity index (χ0) is 24.5. The van der Waals surface area contributed by atoms with E-state index in [0.717, 1.165) is 22.5 Å². The fourth-order valence-electron chi connectivity index (χ4n) is 4.80. The lowest BCUT2D eigenvalue weighted by atomic mass is 9.79. The summed E-state index contributed by atoms with van der Waals surface area (Å²) in [4.78, 5) is 32.5. The van der Waals surface area contributed by atoms with Gasteiger partial charge in [0, 0.05) is 41.9 Å². The quantitative estimate of drug-likeness (QED) is 0.372. The summed E-state index contributed by atoms with van der Waals surface area (Å²) in [6.45, 7) is 0.611. The van der Waals surface area contributed by atoms with Crippen LogP contribution in [0.4, 0.5) is 10.1 Å². The van der Waals surface area contributed by atoms with E-state index in [4.69, 9.17) is 16.3 Å². The number of aromatic amines is 1. The van der Waals surface area contributed by atoms with E-state index in [-0.39, 0.29) is 16.8 Å². The van der Waals surface area contributed by atoms with E-state index in [1.165, 1.54) is 12.1 Å². The number of fused-ring (bicyclic) bond motifs is 2. The Bertz CT molecular complexity index is 1420. The lowest BCUT2D eigenvalue weighted by Crippen LogP contribution is -2.47. The molecule has 1 aliphatic rings. The van der Waals surface area contributed by atoms with Crippen LogP contribution in [0.1, 0.15) is 33.4 Å². The van der Waals surface area contributed by atoms with Crippen LogP contribution in [-0.4, -0.2) is 42.0 Å². The first kappa shape index (κ1) is 23.1. The van der Waals surface area contributed by atoms with Gasteiger partial charge >= 0.3 is 0 Å². The molecule has 1 aromatic heterocycles. The van der Waals surface area contributed by atoms with Gasteiger partial charge in [-0.15, -0.1) is 0 Å². The molecule has 0 fully saturated rings. The maximum Gasteiger partial charge on any atom is 0.254 e. The Hall–Kier alpha value is -3.68. The summed E-state index contributed by atoms with van der Waals surface area (Å²) in [5.41, 5.74) is 3.11. The van der Waals surface area contributed by atoms with Crippen LogP contribution in [0.15, 0.2) is 72.9 Å². The van der Waals surface area contributed by atoms with Crippen molar-refractivity contribution in [3.05, 3.63) is 100 Å². The van der Waals surface area contributed by atoms with E-state index in [1.807, 2.05) is 36.5 Å². The number of carbonyl (C=O) groups is 2. The molecule has 0 radical (unpaired) electrons. The molecule has 0 unspecified atom stereocenters. The third kappa shape index (κ3) is 4.17. The van der Waals surface area contributed by atoms with Gasteiger partial charge in [-0.1, -0.05) is 48.0 Å². The summed E-state index contributed by atoms with van der Waals surface area (Å²) >= 11 is 6.21. The number of anilines is 1. The van der Waals surface area contributed by atoms with Crippen molar-refractivity contribution >= 4 is 40.0 Å². The van der Waals surface area contributed by atoms with Gasteiger partial charge in [-0.25, -0.2) is 4.39 Å². The van der Waals surface area contributed by atoms with Crippen molar-refractivity contribution in [3.63, 3.8) is 0 Å². The molecule has 0 bridgehead atoms. The molecule has 2 N–H and O–H groups in total. The van der Waals surface area contributed by atoms with Crippen molar-refractivity contribution < 1.29 is 18.7 Å². The molecule has 178 valence electrons. The Balaban J connectivity index is 1.67. The van der Waals surface area contributed by atoms with Gasteiger partial charge in [0.25, 0.3) is 5.91 Å². The van der Waals surface area contributed by atoms with Gasteiger partial charge in [0.15, 0.2) is 0 Å². The highest BCUT2D eigenvalue weighted by molar-refractivity contribution is 6.33. The molecule has 8 heteroatoms. The Kier molecular flexibility index (Phi) is 6.28. The van der Waals surface area contributed by atoms with Crippen LogP contribution in [0.3, 0.4) is 0 Å². The fraction of sp³-hybridized carbons (Fsp3) is 0.185. The van der Waals surface area contributed by atoms with Crippen LogP contribution < -0.4 is 5.32 Å². The first-order valence-electron chi connectivity index (χ1n) is 11.2. The molecule has 5 rings (SSSR count). The summed E-state index contributed by atoms with van der Waals surface area (Å²) < 4.78 is 18.9. The number of ether oxygens (including phenoxy) is 1. The van der Waals surface area contributed by atoms with Crippen LogP contribution in [0.5, 0.6) is 0 Å². The summed E-state index contributed by atoms with van der Waals surface area (Å²) in [5, 5.41) is 3.88. The summed E-state index contributed by atoms with van der Waals surface area (Å²) in [6.07, 6.45) is 1.85. The second-order valence-electron chi connectivity index (χ2n) is 8.40. The largest absolute Gasteiger partial charge is 0.383 e. The zero-order valence-corrected chi connectivity index (χ0v) is 19.7. The molecule has 2 amide bonds. The van der Waals surface area contributed by atoms with Gasteiger partial charge < -0.3 is 19.9 Å². The van der Waals surface area contributed by atoms with Crippen LogP contribution in [0, 0.1) is 5.82 Å². The van der Waals surface area contributed by atoms with E-state index in [0.29, 0.717) is 30.0 Å². The fourth-order valence-corrected chi connectivity index (χ4v) is 5.01. The number of H-pyrrole nitrogens is 1. The molecule has 0 spiro atoms. The number of methoxy groups -OCH3 is 1. The lowest BCUT2D eigenvalue weighted by molar-refractivity contribution is -0.119. The predicted octanol–water partition coefficient (Wildman–Crippen LogP) is 5.53.